The number of alkyl halides is 1. The summed E-state index contributed by atoms with van der Waals surface area (Å²) in [5.41, 5.74) is 0.469. The number of ether oxygens (including phenoxy) is 2. The average Bonchev–Trinajstić information content (AvgIpc) is 2.66. The van der Waals surface area contributed by atoms with Crippen molar-refractivity contribution in [1.29, 1.82) is 0 Å². The minimum absolute atomic E-state index is 0.300. The fourth-order valence-electron chi connectivity index (χ4n) is 4.72. The van der Waals surface area contributed by atoms with E-state index in [4.69, 9.17) is 4.74 Å². The molecule has 2 aliphatic rings. The first-order valence-corrected chi connectivity index (χ1v) is 9.91. The van der Waals surface area contributed by atoms with Gasteiger partial charge in [-0.25, -0.2) is 13.2 Å². The maximum atomic E-state index is 13.9. The van der Waals surface area contributed by atoms with E-state index in [2.05, 4.69) is 11.7 Å². The Kier molecular flexibility index (Phi) is 6.85. The predicted octanol–water partition coefficient (Wildman–Crippen LogP) is 6.34. The first kappa shape index (κ1) is 19.5. The van der Waals surface area contributed by atoms with Gasteiger partial charge in [-0.2, -0.15) is 0 Å². The van der Waals surface area contributed by atoms with Gasteiger partial charge in [0.05, 0.1) is 12.7 Å². The third-order valence-corrected chi connectivity index (χ3v) is 6.16. The van der Waals surface area contributed by atoms with Gasteiger partial charge in [-0.3, -0.25) is 0 Å². The topological polar surface area (TPSA) is 18.5 Å². The zero-order valence-corrected chi connectivity index (χ0v) is 15.5. The predicted molar refractivity (Wildman–Crippen MR) is 94.7 cm³/mol. The second-order valence-corrected chi connectivity index (χ2v) is 7.80. The third kappa shape index (κ3) is 4.54. The zero-order valence-electron chi connectivity index (χ0n) is 15.5. The number of hydrogen-bond acceptors (Lipinski definition) is 2. The second kappa shape index (κ2) is 9.12. The molecule has 1 aromatic rings. The van der Waals surface area contributed by atoms with Crippen molar-refractivity contribution in [3.63, 3.8) is 0 Å². The van der Waals surface area contributed by atoms with Crippen LogP contribution in [0.1, 0.15) is 70.0 Å². The molecule has 2 unspecified atom stereocenters. The van der Waals surface area contributed by atoms with E-state index >= 15 is 0 Å². The molecular formula is C21H29F3O2. The number of rotatable bonds is 6. The fraction of sp³-hybridized carbons (Fsp3) is 0.714. The minimum atomic E-state index is -1.25. The Balaban J connectivity index is 1.54. The lowest BCUT2D eigenvalue weighted by atomic mass is 9.73. The smallest absolute Gasteiger partial charge is 0.228 e. The lowest BCUT2D eigenvalue weighted by Gasteiger charge is -2.38. The monoisotopic (exact) mass is 370 g/mol. The van der Waals surface area contributed by atoms with Gasteiger partial charge in [0.15, 0.2) is 17.4 Å². The zero-order chi connectivity index (χ0) is 18.5. The van der Waals surface area contributed by atoms with Gasteiger partial charge in [0.1, 0.15) is 0 Å². The van der Waals surface area contributed by atoms with Gasteiger partial charge >= 0.3 is 0 Å². The van der Waals surface area contributed by atoms with Crippen LogP contribution in [0.15, 0.2) is 12.1 Å². The molecule has 2 nitrogen and oxygen atoms in total. The van der Waals surface area contributed by atoms with Crippen LogP contribution >= 0.6 is 0 Å². The molecule has 0 N–H and O–H groups in total. The highest BCUT2D eigenvalue weighted by atomic mass is 19.1. The number of halogens is 3. The van der Waals surface area contributed by atoms with E-state index in [-0.39, 0.29) is 6.10 Å². The summed E-state index contributed by atoms with van der Waals surface area (Å²) in [7, 11) is 0. The summed E-state index contributed by atoms with van der Waals surface area (Å²) >= 11 is 0. The van der Waals surface area contributed by atoms with Crippen molar-refractivity contribution in [2.24, 2.45) is 17.8 Å². The van der Waals surface area contributed by atoms with Crippen LogP contribution in [0, 0.1) is 29.4 Å². The van der Waals surface area contributed by atoms with Gasteiger partial charge in [0.2, 0.25) is 6.86 Å². The maximum absolute atomic E-state index is 13.9. The number of benzene rings is 1. The molecule has 0 radical (unpaired) electrons. The summed E-state index contributed by atoms with van der Waals surface area (Å²) in [6.45, 7) is 1.65. The Morgan fingerprint density at radius 3 is 2.19 bits per heavy atom. The highest BCUT2D eigenvalue weighted by molar-refractivity contribution is 5.32. The molecule has 1 aromatic carbocycles. The van der Waals surface area contributed by atoms with E-state index < -0.39 is 24.2 Å². The molecule has 2 atom stereocenters. The number of hydrogen-bond donors (Lipinski definition) is 0. The van der Waals surface area contributed by atoms with Crippen molar-refractivity contribution in [2.45, 2.75) is 64.4 Å². The van der Waals surface area contributed by atoms with E-state index in [1.165, 1.54) is 50.7 Å². The van der Waals surface area contributed by atoms with Crippen LogP contribution in [-0.2, 0) is 4.74 Å². The molecule has 1 saturated heterocycles. The molecule has 1 aliphatic carbocycles. The van der Waals surface area contributed by atoms with Crippen LogP contribution < -0.4 is 4.74 Å². The van der Waals surface area contributed by atoms with Gasteiger partial charge in [0, 0.05) is 0 Å². The largest absolute Gasteiger partial charge is 0.457 e. The van der Waals surface area contributed by atoms with E-state index in [0.717, 1.165) is 24.7 Å². The van der Waals surface area contributed by atoms with E-state index in [1.54, 1.807) is 0 Å². The molecule has 1 saturated carbocycles. The third-order valence-electron chi connectivity index (χ3n) is 6.16. The Morgan fingerprint density at radius 2 is 1.65 bits per heavy atom. The molecule has 0 bridgehead atoms. The molecule has 2 fully saturated rings. The lowest BCUT2D eigenvalue weighted by Crippen LogP contribution is -2.29. The Morgan fingerprint density at radius 1 is 1.00 bits per heavy atom. The fourth-order valence-corrected chi connectivity index (χ4v) is 4.72. The first-order chi connectivity index (χ1) is 12.6. The van der Waals surface area contributed by atoms with E-state index in [9.17, 15) is 13.2 Å². The van der Waals surface area contributed by atoms with Crippen LogP contribution in [0.2, 0.25) is 0 Å². The van der Waals surface area contributed by atoms with Crippen LogP contribution in [0.5, 0.6) is 5.75 Å². The Labute approximate surface area is 154 Å². The molecule has 1 aliphatic heterocycles. The quantitative estimate of drug-likeness (QED) is 0.581. The molecule has 26 heavy (non-hydrogen) atoms. The molecule has 5 heteroatoms. The molecule has 1 heterocycles. The molecule has 0 spiro atoms. The van der Waals surface area contributed by atoms with E-state index in [0.29, 0.717) is 18.1 Å². The summed E-state index contributed by atoms with van der Waals surface area (Å²) in [5, 5.41) is 0. The van der Waals surface area contributed by atoms with Crippen LogP contribution in [0.4, 0.5) is 13.2 Å². The molecule has 0 amide bonds. The van der Waals surface area contributed by atoms with Gasteiger partial charge in [-0.15, -0.1) is 0 Å². The van der Waals surface area contributed by atoms with Crippen molar-refractivity contribution in [1.82, 2.24) is 0 Å². The summed E-state index contributed by atoms with van der Waals surface area (Å²) in [6.07, 6.45) is 9.31. The van der Waals surface area contributed by atoms with E-state index in [1.807, 2.05) is 0 Å². The van der Waals surface area contributed by atoms with Crippen molar-refractivity contribution >= 4 is 0 Å². The summed E-state index contributed by atoms with van der Waals surface area (Å²) in [4.78, 5) is 0. The van der Waals surface area contributed by atoms with Crippen molar-refractivity contribution in [3.8, 4) is 5.75 Å². The van der Waals surface area contributed by atoms with Gasteiger partial charge in [-0.05, 0) is 61.1 Å². The van der Waals surface area contributed by atoms with Gasteiger partial charge in [0.25, 0.3) is 0 Å². The Hall–Kier alpha value is -1.23. The van der Waals surface area contributed by atoms with Crippen LogP contribution in [0.3, 0.4) is 0 Å². The summed E-state index contributed by atoms with van der Waals surface area (Å²) in [5.74, 6) is -0.246. The standard InChI is InChI=1S/C21H29F3O2/c1-2-3-14-4-6-15(7-5-14)16-8-9-20(25-12-16)17-10-18(23)21(26-13-22)19(24)11-17/h10-11,14-16,20H,2-9,12-13H2,1H3. The highest BCUT2D eigenvalue weighted by Gasteiger charge is 2.32. The molecule has 3 rings (SSSR count). The Bertz CT molecular complexity index is 554. The minimum Gasteiger partial charge on any atom is -0.457 e. The molecular weight excluding hydrogens is 341 g/mol. The van der Waals surface area contributed by atoms with Crippen molar-refractivity contribution < 1.29 is 22.6 Å². The van der Waals surface area contributed by atoms with Crippen molar-refractivity contribution in [3.05, 3.63) is 29.3 Å². The normalized spacial score (nSPS) is 29.5. The van der Waals surface area contributed by atoms with Crippen LogP contribution in [0.25, 0.3) is 0 Å². The second-order valence-electron chi connectivity index (χ2n) is 7.80. The average molecular weight is 370 g/mol. The molecule has 146 valence electrons. The highest BCUT2D eigenvalue weighted by Crippen LogP contribution is 2.41. The SMILES string of the molecule is CCCC1CCC(C2CCC(c3cc(F)c(OCF)c(F)c3)OC2)CC1. The van der Waals surface area contributed by atoms with Gasteiger partial charge < -0.3 is 9.47 Å². The van der Waals surface area contributed by atoms with Crippen LogP contribution in [-0.4, -0.2) is 13.5 Å². The summed E-state index contributed by atoms with van der Waals surface area (Å²) < 4.78 is 50.4. The lowest BCUT2D eigenvalue weighted by molar-refractivity contribution is -0.0407. The summed E-state index contributed by atoms with van der Waals surface area (Å²) in [6, 6.07) is 2.41. The van der Waals surface area contributed by atoms with Gasteiger partial charge in [-0.1, -0.05) is 32.6 Å². The maximum Gasteiger partial charge on any atom is 0.228 e. The van der Waals surface area contributed by atoms with Crippen molar-refractivity contribution in [2.75, 3.05) is 13.5 Å². The first-order valence-electron chi connectivity index (χ1n) is 9.91. The molecule has 0 aromatic heterocycles.